The van der Waals surface area contributed by atoms with Crippen molar-refractivity contribution in [2.24, 2.45) is 11.0 Å². The molecule has 0 saturated heterocycles. The highest BCUT2D eigenvalue weighted by atomic mass is 79.9. The molecule has 0 unspecified atom stereocenters. The monoisotopic (exact) mass is 444 g/mol. The maximum Gasteiger partial charge on any atom is 0.329 e. The molecule has 0 aliphatic rings. The van der Waals surface area contributed by atoms with E-state index in [1.54, 1.807) is 0 Å². The van der Waals surface area contributed by atoms with Crippen LogP contribution in [0.25, 0.3) is 0 Å². The first-order chi connectivity index (χ1) is 13.3. The van der Waals surface area contributed by atoms with Gasteiger partial charge < -0.3 is 10.6 Å². The average molecular weight is 445 g/mol. The largest absolute Gasteiger partial charge is 0.355 e. The summed E-state index contributed by atoms with van der Waals surface area (Å²) in [6.45, 7) is 8.42. The Labute approximate surface area is 173 Å². The summed E-state index contributed by atoms with van der Waals surface area (Å²) in [6.07, 6.45) is 1.51. The number of benzene rings is 2. The third kappa shape index (κ3) is 6.20. The van der Waals surface area contributed by atoms with Gasteiger partial charge in [0.15, 0.2) is 0 Å². The van der Waals surface area contributed by atoms with E-state index in [-0.39, 0.29) is 5.92 Å². The van der Waals surface area contributed by atoms with Gasteiger partial charge in [-0.05, 0) is 49.1 Å². The zero-order chi connectivity index (χ0) is 20.7. The van der Waals surface area contributed by atoms with Crippen LogP contribution in [0.2, 0.25) is 0 Å². The standard InChI is InChI=1S/C21H25BrN4O2/c1-13(2)11-23-20(27)21(28)26-24-12-16-10-17(22)8-9-18(16)25-19-14(3)6-5-7-15(19)4/h5-10,12-13,25H,11H2,1-4H3,(H,23,27)(H,26,28)/b24-12-. The number of amides is 2. The van der Waals surface area contributed by atoms with Crippen LogP contribution < -0.4 is 16.1 Å². The normalized spacial score (nSPS) is 10.9. The molecule has 0 aliphatic heterocycles. The van der Waals surface area contributed by atoms with Crippen molar-refractivity contribution < 1.29 is 9.59 Å². The van der Waals surface area contributed by atoms with Crippen molar-refractivity contribution in [3.05, 3.63) is 57.6 Å². The fourth-order valence-electron chi connectivity index (χ4n) is 2.49. The van der Waals surface area contributed by atoms with Crippen LogP contribution in [-0.2, 0) is 9.59 Å². The summed E-state index contributed by atoms with van der Waals surface area (Å²) >= 11 is 3.45. The van der Waals surface area contributed by atoms with Crippen molar-refractivity contribution in [1.29, 1.82) is 0 Å². The zero-order valence-electron chi connectivity index (χ0n) is 16.5. The minimum Gasteiger partial charge on any atom is -0.355 e. The van der Waals surface area contributed by atoms with Crippen LogP contribution in [0.15, 0.2) is 46.0 Å². The number of nitrogens with one attached hydrogen (secondary N) is 3. The van der Waals surface area contributed by atoms with Crippen molar-refractivity contribution in [3.8, 4) is 0 Å². The van der Waals surface area contributed by atoms with Crippen LogP contribution in [0.4, 0.5) is 11.4 Å². The predicted molar refractivity (Wildman–Crippen MR) is 117 cm³/mol. The quantitative estimate of drug-likeness (QED) is 0.357. The van der Waals surface area contributed by atoms with Gasteiger partial charge in [0.25, 0.3) is 0 Å². The number of hydrazone groups is 1. The molecule has 148 valence electrons. The number of halogens is 1. The number of carbonyl (C=O) groups excluding carboxylic acids is 2. The highest BCUT2D eigenvalue weighted by Gasteiger charge is 2.12. The van der Waals surface area contributed by atoms with E-state index < -0.39 is 11.8 Å². The molecule has 0 heterocycles. The first-order valence-electron chi connectivity index (χ1n) is 9.02. The number of anilines is 2. The fraction of sp³-hybridized carbons (Fsp3) is 0.286. The minimum absolute atomic E-state index is 0.264. The molecule has 2 amide bonds. The summed E-state index contributed by atoms with van der Waals surface area (Å²) in [7, 11) is 0. The number of nitrogens with zero attached hydrogens (tertiary/aromatic N) is 1. The average Bonchev–Trinajstić information content (AvgIpc) is 2.64. The van der Waals surface area contributed by atoms with Crippen LogP contribution >= 0.6 is 15.9 Å². The van der Waals surface area contributed by atoms with Crippen LogP contribution in [0, 0.1) is 19.8 Å². The smallest absolute Gasteiger partial charge is 0.329 e. The number of rotatable bonds is 6. The summed E-state index contributed by atoms with van der Waals surface area (Å²) in [5.74, 6) is -1.23. The van der Waals surface area contributed by atoms with Crippen molar-refractivity contribution >= 4 is 45.3 Å². The molecule has 0 atom stereocenters. The lowest BCUT2D eigenvalue weighted by atomic mass is 10.1. The Morgan fingerprint density at radius 3 is 2.43 bits per heavy atom. The molecule has 0 saturated carbocycles. The molecule has 0 bridgehead atoms. The van der Waals surface area contributed by atoms with E-state index in [2.05, 4.69) is 37.1 Å². The summed E-state index contributed by atoms with van der Waals surface area (Å²) in [4.78, 5) is 23.5. The summed E-state index contributed by atoms with van der Waals surface area (Å²) in [6, 6.07) is 11.8. The van der Waals surface area contributed by atoms with Gasteiger partial charge in [0.2, 0.25) is 0 Å². The second-order valence-corrected chi connectivity index (χ2v) is 7.84. The van der Waals surface area contributed by atoms with Gasteiger partial charge in [-0.1, -0.05) is 48.0 Å². The molecule has 7 heteroatoms. The molecule has 0 spiro atoms. The van der Waals surface area contributed by atoms with Gasteiger partial charge in [-0.2, -0.15) is 5.10 Å². The molecule has 0 aromatic heterocycles. The Morgan fingerprint density at radius 2 is 1.79 bits per heavy atom. The van der Waals surface area contributed by atoms with Crippen LogP contribution in [0.5, 0.6) is 0 Å². The molecule has 0 aliphatic carbocycles. The van der Waals surface area contributed by atoms with Gasteiger partial charge in [-0.25, -0.2) is 5.43 Å². The van der Waals surface area contributed by atoms with Crippen molar-refractivity contribution in [1.82, 2.24) is 10.7 Å². The van der Waals surface area contributed by atoms with Crippen LogP contribution in [0.3, 0.4) is 0 Å². The molecular weight excluding hydrogens is 420 g/mol. The van der Waals surface area contributed by atoms with E-state index in [9.17, 15) is 9.59 Å². The van der Waals surface area contributed by atoms with E-state index in [0.29, 0.717) is 6.54 Å². The number of hydrogen-bond acceptors (Lipinski definition) is 4. The van der Waals surface area contributed by atoms with Gasteiger partial charge in [-0.15, -0.1) is 0 Å². The lowest BCUT2D eigenvalue weighted by Gasteiger charge is -2.15. The molecule has 0 fully saturated rings. The van der Waals surface area contributed by atoms with Gasteiger partial charge in [0.1, 0.15) is 0 Å². The minimum atomic E-state index is -0.795. The number of carbonyl (C=O) groups is 2. The zero-order valence-corrected chi connectivity index (χ0v) is 18.1. The molecule has 0 radical (unpaired) electrons. The van der Waals surface area contributed by atoms with Crippen LogP contribution in [-0.4, -0.2) is 24.6 Å². The number of aryl methyl sites for hydroxylation is 2. The van der Waals surface area contributed by atoms with Crippen LogP contribution in [0.1, 0.15) is 30.5 Å². The Hall–Kier alpha value is -2.67. The lowest BCUT2D eigenvalue weighted by molar-refractivity contribution is -0.139. The molecule has 3 N–H and O–H groups in total. The van der Waals surface area contributed by atoms with E-state index in [1.807, 2.05) is 64.1 Å². The fourth-order valence-corrected chi connectivity index (χ4v) is 2.87. The highest BCUT2D eigenvalue weighted by molar-refractivity contribution is 9.10. The Bertz CT molecular complexity index is 874. The number of hydrogen-bond donors (Lipinski definition) is 3. The summed E-state index contributed by atoms with van der Waals surface area (Å²) in [5, 5.41) is 9.91. The molecule has 2 rings (SSSR count). The summed E-state index contributed by atoms with van der Waals surface area (Å²) in [5.41, 5.74) is 7.14. The Morgan fingerprint density at radius 1 is 1.11 bits per heavy atom. The first kappa shape index (κ1) is 21.6. The van der Waals surface area contributed by atoms with E-state index >= 15 is 0 Å². The van der Waals surface area contributed by atoms with Crippen molar-refractivity contribution in [2.45, 2.75) is 27.7 Å². The summed E-state index contributed by atoms with van der Waals surface area (Å²) < 4.78 is 0.877. The number of para-hydroxylation sites is 1. The van der Waals surface area contributed by atoms with Gasteiger partial charge in [0, 0.05) is 28.0 Å². The first-order valence-corrected chi connectivity index (χ1v) is 9.81. The van der Waals surface area contributed by atoms with Gasteiger partial charge in [0.05, 0.1) is 6.21 Å². The molecule has 28 heavy (non-hydrogen) atoms. The second kappa shape index (κ2) is 10.0. The van der Waals surface area contributed by atoms with Gasteiger partial charge in [-0.3, -0.25) is 9.59 Å². The third-order valence-corrected chi connectivity index (χ3v) is 4.49. The van der Waals surface area contributed by atoms with Gasteiger partial charge >= 0.3 is 11.8 Å². The Balaban J connectivity index is 2.13. The predicted octanol–water partition coefficient (Wildman–Crippen LogP) is 4.03. The molecule has 2 aromatic rings. The maximum atomic E-state index is 11.8. The van der Waals surface area contributed by atoms with Crippen molar-refractivity contribution in [2.75, 3.05) is 11.9 Å². The van der Waals surface area contributed by atoms with E-state index in [1.165, 1.54) is 6.21 Å². The highest BCUT2D eigenvalue weighted by Crippen LogP contribution is 2.27. The van der Waals surface area contributed by atoms with E-state index in [0.717, 1.165) is 32.5 Å². The second-order valence-electron chi connectivity index (χ2n) is 6.93. The third-order valence-electron chi connectivity index (χ3n) is 4.00. The molecular formula is C21H25BrN4O2. The molecule has 6 nitrogen and oxygen atoms in total. The SMILES string of the molecule is Cc1cccc(C)c1Nc1ccc(Br)cc1/C=N\NC(=O)C(=O)NCC(C)C. The maximum absolute atomic E-state index is 11.8. The lowest BCUT2D eigenvalue weighted by Crippen LogP contribution is -2.39. The topological polar surface area (TPSA) is 82.6 Å². The molecule has 2 aromatic carbocycles. The van der Waals surface area contributed by atoms with Crippen molar-refractivity contribution in [3.63, 3.8) is 0 Å². The Kier molecular flexibility index (Phi) is 7.75. The van der Waals surface area contributed by atoms with E-state index in [4.69, 9.17) is 0 Å².